The molecule has 0 saturated carbocycles. The van der Waals surface area contributed by atoms with Crippen LogP contribution in [0.4, 0.5) is 5.82 Å². The monoisotopic (exact) mass is 277 g/mol. The number of amides is 1. The molecular weight excluding hydrogens is 250 g/mol. The van der Waals surface area contributed by atoms with Crippen molar-refractivity contribution in [3.05, 3.63) is 23.4 Å². The summed E-state index contributed by atoms with van der Waals surface area (Å²) in [6.45, 7) is 7.24. The van der Waals surface area contributed by atoms with Crippen molar-refractivity contribution in [3.8, 4) is 0 Å². The van der Waals surface area contributed by atoms with Crippen LogP contribution in [0.15, 0.2) is 12.1 Å². The molecule has 1 rings (SSSR count). The first-order valence-electron chi connectivity index (χ1n) is 7.42. The highest BCUT2D eigenvalue weighted by Crippen LogP contribution is 2.14. The van der Waals surface area contributed by atoms with Gasteiger partial charge in [-0.25, -0.2) is 4.98 Å². The predicted molar refractivity (Wildman–Crippen MR) is 84.2 cm³/mol. The first kappa shape index (κ1) is 16.5. The normalized spacial score (nSPS) is 10.7. The number of nitrogens with zero attached hydrogens (tertiary/aromatic N) is 2. The van der Waals surface area contributed by atoms with Gasteiger partial charge in [-0.15, -0.1) is 0 Å². The van der Waals surface area contributed by atoms with Gasteiger partial charge in [0.15, 0.2) is 0 Å². The molecule has 0 unspecified atom stereocenters. The second-order valence-corrected chi connectivity index (χ2v) is 5.64. The van der Waals surface area contributed by atoms with E-state index in [-0.39, 0.29) is 5.91 Å². The summed E-state index contributed by atoms with van der Waals surface area (Å²) >= 11 is 0. The van der Waals surface area contributed by atoms with Gasteiger partial charge in [-0.05, 0) is 30.9 Å². The van der Waals surface area contributed by atoms with Crippen LogP contribution >= 0.6 is 0 Å². The predicted octanol–water partition coefficient (Wildman–Crippen LogP) is 3.19. The molecule has 0 aliphatic rings. The van der Waals surface area contributed by atoms with Crippen LogP contribution < -0.4 is 5.32 Å². The zero-order valence-corrected chi connectivity index (χ0v) is 13.4. The van der Waals surface area contributed by atoms with E-state index < -0.39 is 0 Å². The van der Waals surface area contributed by atoms with E-state index in [0.717, 1.165) is 42.9 Å². The van der Waals surface area contributed by atoms with Gasteiger partial charge in [-0.2, -0.15) is 0 Å². The van der Waals surface area contributed by atoms with Crippen molar-refractivity contribution in [3.63, 3.8) is 0 Å². The van der Waals surface area contributed by atoms with Crippen LogP contribution in [-0.4, -0.2) is 36.4 Å². The molecule has 1 amide bonds. The maximum Gasteiger partial charge on any atom is 0.253 e. The molecule has 4 heteroatoms. The summed E-state index contributed by atoms with van der Waals surface area (Å²) in [5.41, 5.74) is 1.69. The molecule has 20 heavy (non-hydrogen) atoms. The molecule has 0 saturated heterocycles. The summed E-state index contributed by atoms with van der Waals surface area (Å²) in [5, 5.41) is 3.03. The smallest absolute Gasteiger partial charge is 0.253 e. The molecule has 0 bridgehead atoms. The Morgan fingerprint density at radius 2 is 2.10 bits per heavy atom. The number of rotatable bonds is 7. The fraction of sp³-hybridized carbons (Fsp3) is 0.625. The van der Waals surface area contributed by atoms with Crippen molar-refractivity contribution in [2.24, 2.45) is 5.92 Å². The highest BCUT2D eigenvalue weighted by atomic mass is 16.2. The maximum atomic E-state index is 12.5. The van der Waals surface area contributed by atoms with E-state index in [0.29, 0.717) is 5.92 Å². The Bertz CT molecular complexity index is 443. The lowest BCUT2D eigenvalue weighted by Gasteiger charge is -2.19. The van der Waals surface area contributed by atoms with Gasteiger partial charge in [0, 0.05) is 31.9 Å². The van der Waals surface area contributed by atoms with Gasteiger partial charge in [0.25, 0.3) is 5.91 Å². The molecule has 1 aromatic rings. The van der Waals surface area contributed by atoms with Gasteiger partial charge in [-0.1, -0.05) is 27.2 Å². The van der Waals surface area contributed by atoms with Crippen LogP contribution in [-0.2, 0) is 6.42 Å². The van der Waals surface area contributed by atoms with Gasteiger partial charge >= 0.3 is 0 Å². The van der Waals surface area contributed by atoms with Crippen molar-refractivity contribution in [2.75, 3.05) is 26.0 Å². The van der Waals surface area contributed by atoms with Gasteiger partial charge in [0.2, 0.25) is 0 Å². The van der Waals surface area contributed by atoms with Gasteiger partial charge in [0.1, 0.15) is 5.82 Å². The summed E-state index contributed by atoms with van der Waals surface area (Å²) in [6.07, 6.45) is 2.94. The number of anilines is 1. The van der Waals surface area contributed by atoms with Crippen LogP contribution in [0.1, 0.15) is 49.7 Å². The summed E-state index contributed by atoms with van der Waals surface area (Å²) in [6, 6.07) is 3.74. The highest BCUT2D eigenvalue weighted by molar-refractivity contribution is 5.94. The Labute approximate surface area is 122 Å². The van der Waals surface area contributed by atoms with Gasteiger partial charge in [0.05, 0.1) is 0 Å². The molecule has 1 aromatic heterocycles. The molecule has 0 aromatic carbocycles. The van der Waals surface area contributed by atoms with Crippen LogP contribution in [0, 0.1) is 5.92 Å². The van der Waals surface area contributed by atoms with Crippen LogP contribution in [0.5, 0.6) is 0 Å². The average Bonchev–Trinajstić information content (AvgIpc) is 2.43. The Morgan fingerprint density at radius 3 is 2.65 bits per heavy atom. The first-order valence-corrected chi connectivity index (χ1v) is 7.42. The van der Waals surface area contributed by atoms with E-state index in [1.165, 1.54) is 0 Å². The van der Waals surface area contributed by atoms with Crippen LogP contribution in [0.2, 0.25) is 0 Å². The van der Waals surface area contributed by atoms with Crippen molar-refractivity contribution >= 4 is 11.7 Å². The summed E-state index contributed by atoms with van der Waals surface area (Å²) in [7, 11) is 3.69. The molecule has 112 valence electrons. The minimum atomic E-state index is 0.0712. The number of hydrogen-bond donors (Lipinski definition) is 1. The van der Waals surface area contributed by atoms with Crippen LogP contribution in [0.3, 0.4) is 0 Å². The summed E-state index contributed by atoms with van der Waals surface area (Å²) < 4.78 is 0. The summed E-state index contributed by atoms with van der Waals surface area (Å²) in [4.78, 5) is 18.7. The number of nitrogens with one attached hydrogen (secondary N) is 1. The Kier molecular flexibility index (Phi) is 6.49. The van der Waals surface area contributed by atoms with Crippen molar-refractivity contribution in [2.45, 2.75) is 40.0 Å². The second-order valence-electron chi connectivity index (χ2n) is 5.64. The number of carbonyl (C=O) groups is 1. The highest BCUT2D eigenvalue weighted by Gasteiger charge is 2.14. The van der Waals surface area contributed by atoms with Crippen molar-refractivity contribution in [1.82, 2.24) is 9.88 Å². The molecule has 1 N–H and O–H groups in total. The zero-order valence-electron chi connectivity index (χ0n) is 13.4. The topological polar surface area (TPSA) is 45.2 Å². The number of hydrogen-bond acceptors (Lipinski definition) is 3. The minimum absolute atomic E-state index is 0.0712. The van der Waals surface area contributed by atoms with Gasteiger partial charge < -0.3 is 10.2 Å². The van der Waals surface area contributed by atoms with E-state index in [9.17, 15) is 4.79 Å². The molecule has 0 aliphatic heterocycles. The lowest BCUT2D eigenvalue weighted by atomic mass is 10.1. The number of pyridine rings is 1. The Morgan fingerprint density at radius 1 is 1.40 bits per heavy atom. The van der Waals surface area contributed by atoms with Crippen molar-refractivity contribution in [1.29, 1.82) is 0 Å². The van der Waals surface area contributed by atoms with E-state index in [1.54, 1.807) is 4.90 Å². The third-order valence-corrected chi connectivity index (χ3v) is 3.28. The molecular formula is C16H27N3O. The standard InChI is InChI=1S/C16H27N3O/c1-6-7-14-10-13(11-15(17-4)18-14)16(20)19(5)9-8-12(2)3/h10-12H,6-9H2,1-5H3,(H,17,18). The quantitative estimate of drug-likeness (QED) is 0.832. The fourth-order valence-electron chi connectivity index (χ4n) is 2.00. The Hall–Kier alpha value is -1.58. The average molecular weight is 277 g/mol. The molecule has 0 spiro atoms. The number of aromatic nitrogens is 1. The van der Waals surface area contributed by atoms with E-state index in [1.807, 2.05) is 26.2 Å². The zero-order chi connectivity index (χ0) is 15.1. The van der Waals surface area contributed by atoms with E-state index in [4.69, 9.17) is 0 Å². The third-order valence-electron chi connectivity index (χ3n) is 3.28. The van der Waals surface area contributed by atoms with Gasteiger partial charge in [-0.3, -0.25) is 4.79 Å². The maximum absolute atomic E-state index is 12.5. The largest absolute Gasteiger partial charge is 0.373 e. The third kappa shape index (κ3) is 4.83. The molecule has 1 heterocycles. The lowest BCUT2D eigenvalue weighted by Crippen LogP contribution is -2.28. The Balaban J connectivity index is 2.87. The fourth-order valence-corrected chi connectivity index (χ4v) is 2.00. The molecule has 0 fully saturated rings. The molecule has 0 radical (unpaired) electrons. The number of carbonyl (C=O) groups excluding carboxylic acids is 1. The molecule has 0 atom stereocenters. The second kappa shape index (κ2) is 7.88. The molecule has 4 nitrogen and oxygen atoms in total. The lowest BCUT2D eigenvalue weighted by molar-refractivity contribution is 0.0789. The van der Waals surface area contributed by atoms with Crippen molar-refractivity contribution < 1.29 is 4.79 Å². The van der Waals surface area contributed by atoms with E-state index >= 15 is 0 Å². The van der Waals surface area contributed by atoms with E-state index in [2.05, 4.69) is 31.1 Å². The first-order chi connectivity index (χ1) is 9.47. The minimum Gasteiger partial charge on any atom is -0.373 e. The summed E-state index contributed by atoms with van der Waals surface area (Å²) in [5.74, 6) is 1.43. The number of aryl methyl sites for hydroxylation is 1. The molecule has 0 aliphatic carbocycles. The van der Waals surface area contributed by atoms with Crippen LogP contribution in [0.25, 0.3) is 0 Å². The SMILES string of the molecule is CCCc1cc(C(=O)N(C)CCC(C)C)cc(NC)n1.